The van der Waals surface area contributed by atoms with Crippen LogP contribution in [-0.4, -0.2) is 20.0 Å². The molecule has 0 aromatic rings. The molecule has 0 aromatic heterocycles. The van der Waals surface area contributed by atoms with E-state index >= 15 is 0 Å². The Bertz CT molecular complexity index is 58.8. The van der Waals surface area contributed by atoms with E-state index in [0.29, 0.717) is 0 Å². The van der Waals surface area contributed by atoms with Gasteiger partial charge in [-0.15, -0.1) is 0 Å². The summed E-state index contributed by atoms with van der Waals surface area (Å²) in [6.45, 7) is 6.81. The normalized spacial score (nSPS) is 5.38. The number of hydrogen-bond acceptors (Lipinski definition) is 2. The number of hydrogen-bond donors (Lipinski definition) is 0. The molecule has 0 unspecified atom stereocenters. The summed E-state index contributed by atoms with van der Waals surface area (Å²) in [7, 11) is 0.120. The SMILES string of the molecule is C[PH+](C)C.N#C[S-].[Au+]. The molecule has 0 aliphatic heterocycles. The molecule has 0 heterocycles. The number of rotatable bonds is 0. The Kier molecular flexibility index (Phi) is 31.2. The fourth-order valence-electron chi connectivity index (χ4n) is 0. The molecular formula is C4H10AuNPS+. The van der Waals surface area contributed by atoms with Gasteiger partial charge in [0.15, 0.2) is 0 Å². The van der Waals surface area contributed by atoms with Gasteiger partial charge in [0.25, 0.3) is 0 Å². The summed E-state index contributed by atoms with van der Waals surface area (Å²) >= 11 is 3.70. The van der Waals surface area contributed by atoms with Gasteiger partial charge in [-0.1, -0.05) is 5.40 Å². The topological polar surface area (TPSA) is 23.8 Å². The maximum atomic E-state index is 7.13. The van der Waals surface area contributed by atoms with Crippen molar-refractivity contribution in [3.63, 3.8) is 0 Å². The zero-order valence-corrected chi connectivity index (χ0v) is 9.14. The van der Waals surface area contributed by atoms with Crippen LogP contribution in [0.4, 0.5) is 0 Å². The maximum absolute atomic E-state index is 7.13. The Morgan fingerprint density at radius 2 is 1.38 bits per heavy atom. The van der Waals surface area contributed by atoms with Crippen LogP contribution in [-0.2, 0) is 35.0 Å². The molecule has 0 spiro atoms. The Labute approximate surface area is 73.5 Å². The molecule has 8 heavy (non-hydrogen) atoms. The van der Waals surface area contributed by atoms with Gasteiger partial charge in [-0.3, -0.25) is 0 Å². The van der Waals surface area contributed by atoms with Crippen molar-refractivity contribution in [2.24, 2.45) is 0 Å². The van der Waals surface area contributed by atoms with E-state index in [2.05, 4.69) is 32.6 Å². The summed E-state index contributed by atoms with van der Waals surface area (Å²) < 4.78 is 0. The van der Waals surface area contributed by atoms with E-state index in [0.717, 1.165) is 0 Å². The molecule has 0 amide bonds. The van der Waals surface area contributed by atoms with Crippen LogP contribution in [0.15, 0.2) is 0 Å². The molecule has 0 fully saturated rings. The summed E-state index contributed by atoms with van der Waals surface area (Å²) in [5.74, 6) is 0. The van der Waals surface area contributed by atoms with Crippen molar-refractivity contribution in [3.05, 3.63) is 0 Å². The molecule has 0 aliphatic carbocycles. The summed E-state index contributed by atoms with van der Waals surface area (Å²) in [5, 5.41) is 8.47. The molecule has 0 saturated carbocycles. The van der Waals surface area contributed by atoms with Gasteiger partial charge < -0.3 is 12.6 Å². The fourth-order valence-corrected chi connectivity index (χ4v) is 0. The van der Waals surface area contributed by atoms with E-state index in [-0.39, 0.29) is 30.3 Å². The van der Waals surface area contributed by atoms with Crippen LogP contribution in [0.25, 0.3) is 0 Å². The molecule has 52 valence electrons. The average Bonchev–Trinajstić information content (AvgIpc) is 1.33. The fraction of sp³-hybridized carbons (Fsp3) is 0.750. The molecule has 1 nitrogen and oxygen atoms in total. The summed E-state index contributed by atoms with van der Waals surface area (Å²) in [6, 6.07) is 0. The first-order chi connectivity index (χ1) is 3.15. The van der Waals surface area contributed by atoms with E-state index in [9.17, 15) is 0 Å². The minimum absolute atomic E-state index is 0. The van der Waals surface area contributed by atoms with E-state index in [1.807, 2.05) is 0 Å². The molecule has 4 heteroatoms. The minimum atomic E-state index is 0. The standard InChI is InChI=1S/C3H9P.CHNS.Au/c1-4(2)3;2-1-3;/h1-3H3;3H;/q;;+1. The first kappa shape index (κ1) is 15.9. The van der Waals surface area contributed by atoms with Crippen molar-refractivity contribution in [1.29, 1.82) is 5.26 Å². The first-order valence-corrected chi connectivity index (χ1v) is 5.34. The van der Waals surface area contributed by atoms with Gasteiger partial charge in [0.05, 0.1) is 0 Å². The molecule has 0 aliphatic rings. The first-order valence-electron chi connectivity index (χ1n) is 1.93. The van der Waals surface area contributed by atoms with Crippen LogP contribution < -0.4 is 0 Å². The summed E-state index contributed by atoms with van der Waals surface area (Å²) in [5.41, 5.74) is 0. The minimum Gasteiger partial charge on any atom is -0.696 e. The van der Waals surface area contributed by atoms with Crippen molar-refractivity contribution in [2.45, 2.75) is 0 Å². The molecule has 0 atom stereocenters. The Morgan fingerprint density at radius 3 is 1.38 bits per heavy atom. The second-order valence-corrected chi connectivity index (χ2v) is 4.77. The van der Waals surface area contributed by atoms with Gasteiger partial charge in [0, 0.05) is 20.0 Å². The second kappa shape index (κ2) is 15.7. The van der Waals surface area contributed by atoms with Crippen LogP contribution in [0.5, 0.6) is 0 Å². The van der Waals surface area contributed by atoms with Gasteiger partial charge in [0.1, 0.15) is 0 Å². The van der Waals surface area contributed by atoms with E-state index < -0.39 is 0 Å². The van der Waals surface area contributed by atoms with E-state index in [1.54, 1.807) is 0 Å². The van der Waals surface area contributed by atoms with Crippen molar-refractivity contribution < 1.29 is 22.4 Å². The monoisotopic (exact) mass is 332 g/mol. The van der Waals surface area contributed by atoms with Crippen LogP contribution >= 0.6 is 7.92 Å². The molecule has 0 N–H and O–H groups in total. The zero-order chi connectivity index (χ0) is 6.28. The van der Waals surface area contributed by atoms with Crippen LogP contribution in [0.2, 0.25) is 0 Å². The van der Waals surface area contributed by atoms with Gasteiger partial charge in [0.2, 0.25) is 0 Å². The average molecular weight is 332 g/mol. The van der Waals surface area contributed by atoms with Crippen molar-refractivity contribution in [3.8, 4) is 5.40 Å². The largest absolute Gasteiger partial charge is 1.00 e. The Hall–Kier alpha value is 0.880. The maximum Gasteiger partial charge on any atom is 1.00 e. The van der Waals surface area contributed by atoms with Crippen LogP contribution in [0.1, 0.15) is 0 Å². The smallest absolute Gasteiger partial charge is 0.696 e. The molecule has 0 saturated heterocycles. The predicted molar refractivity (Wildman–Crippen MR) is 39.1 cm³/mol. The van der Waals surface area contributed by atoms with Crippen molar-refractivity contribution in [2.75, 3.05) is 20.0 Å². The van der Waals surface area contributed by atoms with E-state index in [4.69, 9.17) is 5.26 Å². The second-order valence-electron chi connectivity index (χ2n) is 1.59. The summed E-state index contributed by atoms with van der Waals surface area (Å²) in [4.78, 5) is 0. The van der Waals surface area contributed by atoms with Gasteiger partial charge in [-0.25, -0.2) is 5.26 Å². The third-order valence-electron chi connectivity index (χ3n) is 0. The van der Waals surface area contributed by atoms with Crippen molar-refractivity contribution in [1.82, 2.24) is 0 Å². The quantitative estimate of drug-likeness (QED) is 0.287. The molecular weight excluding hydrogens is 322 g/mol. The Balaban J connectivity index is -0.0000000575. The number of thiocyanates is 1. The van der Waals surface area contributed by atoms with Crippen LogP contribution in [0, 0.1) is 10.7 Å². The number of nitriles is 1. The molecule has 0 aromatic carbocycles. The zero-order valence-electron chi connectivity index (χ0n) is 5.16. The van der Waals surface area contributed by atoms with E-state index in [1.165, 1.54) is 5.40 Å². The predicted octanol–water partition coefficient (Wildman–Crippen LogP) is 1.10. The van der Waals surface area contributed by atoms with Gasteiger partial charge in [-0.2, -0.15) is 0 Å². The summed E-state index contributed by atoms with van der Waals surface area (Å²) in [6.07, 6.45) is 0. The van der Waals surface area contributed by atoms with Gasteiger partial charge in [-0.05, 0) is 7.92 Å². The third kappa shape index (κ3) is 307. The van der Waals surface area contributed by atoms with Crippen LogP contribution in [0.3, 0.4) is 0 Å². The molecule has 0 radical (unpaired) electrons. The van der Waals surface area contributed by atoms with Crippen molar-refractivity contribution >= 4 is 20.6 Å². The third-order valence-corrected chi connectivity index (χ3v) is 0. The molecule has 0 bridgehead atoms. The molecule has 0 rings (SSSR count). The Morgan fingerprint density at radius 1 is 1.38 bits per heavy atom. The van der Waals surface area contributed by atoms with Gasteiger partial charge >= 0.3 is 22.4 Å². The number of nitrogens with zero attached hydrogens (tertiary/aromatic N) is 1.